The van der Waals surface area contributed by atoms with Crippen molar-refractivity contribution in [3.63, 3.8) is 0 Å². The van der Waals surface area contributed by atoms with Gasteiger partial charge in [0.15, 0.2) is 0 Å². The van der Waals surface area contributed by atoms with E-state index >= 15 is 0 Å². The average Bonchev–Trinajstić information content (AvgIpc) is 2.15. The van der Waals surface area contributed by atoms with Crippen molar-refractivity contribution in [1.82, 2.24) is 5.48 Å². The van der Waals surface area contributed by atoms with Crippen LogP contribution in [0.4, 0.5) is 13.2 Å². The summed E-state index contributed by atoms with van der Waals surface area (Å²) >= 11 is 5.31. The minimum Gasteiger partial charge on any atom is -0.288 e. The molecule has 1 aromatic carbocycles. The quantitative estimate of drug-likeness (QED) is 0.584. The summed E-state index contributed by atoms with van der Waals surface area (Å²) < 4.78 is 37.0. The molecule has 0 aromatic heterocycles. The molecule has 0 aliphatic rings. The van der Waals surface area contributed by atoms with Crippen LogP contribution < -0.4 is 5.48 Å². The normalized spacial score (nSPS) is 11.3. The van der Waals surface area contributed by atoms with Crippen LogP contribution in [0.5, 0.6) is 0 Å². The molecule has 0 saturated heterocycles. The highest BCUT2D eigenvalue weighted by atomic mass is 35.5. The van der Waals surface area contributed by atoms with Crippen LogP contribution in [0.3, 0.4) is 0 Å². The molecule has 3 nitrogen and oxygen atoms in total. The molecule has 0 fully saturated rings. The first-order valence-corrected chi connectivity index (χ1v) is 4.05. The molecule has 0 radical (unpaired) electrons. The van der Waals surface area contributed by atoms with Gasteiger partial charge in [0.25, 0.3) is 5.91 Å². The van der Waals surface area contributed by atoms with Gasteiger partial charge in [-0.1, -0.05) is 11.6 Å². The lowest BCUT2D eigenvalue weighted by Crippen LogP contribution is -2.19. The second-order valence-electron chi connectivity index (χ2n) is 2.63. The SMILES string of the molecule is O=C(NO)c1ccc(Cl)c(C(F)(F)F)c1. The topological polar surface area (TPSA) is 49.3 Å². The molecule has 2 N–H and O–H groups in total. The number of rotatable bonds is 1. The summed E-state index contributed by atoms with van der Waals surface area (Å²) in [5, 5.41) is 7.73. The largest absolute Gasteiger partial charge is 0.417 e. The van der Waals surface area contributed by atoms with E-state index in [2.05, 4.69) is 0 Å². The van der Waals surface area contributed by atoms with Crippen molar-refractivity contribution in [1.29, 1.82) is 0 Å². The van der Waals surface area contributed by atoms with Gasteiger partial charge in [0.2, 0.25) is 0 Å². The lowest BCUT2D eigenvalue weighted by atomic mass is 10.1. The van der Waals surface area contributed by atoms with E-state index in [1.165, 1.54) is 5.48 Å². The van der Waals surface area contributed by atoms with Gasteiger partial charge in [-0.15, -0.1) is 0 Å². The van der Waals surface area contributed by atoms with Crippen molar-refractivity contribution in [2.24, 2.45) is 0 Å². The Morgan fingerprint density at radius 3 is 2.47 bits per heavy atom. The fourth-order valence-corrected chi connectivity index (χ4v) is 1.17. The van der Waals surface area contributed by atoms with Gasteiger partial charge in [0.05, 0.1) is 10.6 Å². The lowest BCUT2D eigenvalue weighted by Gasteiger charge is -2.09. The maximum atomic E-state index is 12.3. The van der Waals surface area contributed by atoms with Crippen molar-refractivity contribution < 1.29 is 23.2 Å². The predicted octanol–water partition coefficient (Wildman–Crippen LogP) is 2.48. The molecular weight excluding hydrogens is 235 g/mol. The summed E-state index contributed by atoms with van der Waals surface area (Å²) in [6.07, 6.45) is -4.64. The fraction of sp³-hybridized carbons (Fsp3) is 0.125. The van der Waals surface area contributed by atoms with Crippen LogP contribution in [0.15, 0.2) is 18.2 Å². The maximum absolute atomic E-state index is 12.3. The van der Waals surface area contributed by atoms with Gasteiger partial charge in [0, 0.05) is 5.56 Å². The number of hydrogen-bond acceptors (Lipinski definition) is 2. The van der Waals surface area contributed by atoms with Crippen LogP contribution >= 0.6 is 11.6 Å². The molecular formula is C8H5ClF3NO2. The third-order valence-electron chi connectivity index (χ3n) is 1.64. The molecule has 1 rings (SSSR count). The smallest absolute Gasteiger partial charge is 0.288 e. The van der Waals surface area contributed by atoms with Crippen molar-refractivity contribution in [2.75, 3.05) is 0 Å². The van der Waals surface area contributed by atoms with E-state index in [1.807, 2.05) is 0 Å². The van der Waals surface area contributed by atoms with E-state index in [0.29, 0.717) is 6.07 Å². The molecule has 0 atom stereocenters. The Kier molecular flexibility index (Phi) is 3.21. The van der Waals surface area contributed by atoms with Crippen LogP contribution in [0.1, 0.15) is 15.9 Å². The van der Waals surface area contributed by atoms with Gasteiger partial charge in [0.1, 0.15) is 0 Å². The summed E-state index contributed by atoms with van der Waals surface area (Å²) in [5.74, 6) is -1.03. The van der Waals surface area contributed by atoms with E-state index in [0.717, 1.165) is 12.1 Å². The highest BCUT2D eigenvalue weighted by Gasteiger charge is 2.33. The van der Waals surface area contributed by atoms with E-state index in [1.54, 1.807) is 0 Å². The van der Waals surface area contributed by atoms with Crippen molar-refractivity contribution in [2.45, 2.75) is 6.18 Å². The number of alkyl halides is 3. The zero-order valence-corrected chi connectivity index (χ0v) is 7.86. The molecule has 0 aliphatic carbocycles. The van der Waals surface area contributed by atoms with Gasteiger partial charge in [-0.2, -0.15) is 13.2 Å². The van der Waals surface area contributed by atoms with Gasteiger partial charge in [-0.25, -0.2) is 5.48 Å². The van der Waals surface area contributed by atoms with E-state index in [9.17, 15) is 18.0 Å². The highest BCUT2D eigenvalue weighted by Crippen LogP contribution is 2.34. The molecule has 0 heterocycles. The van der Waals surface area contributed by atoms with E-state index in [4.69, 9.17) is 16.8 Å². The molecule has 0 saturated carbocycles. The molecule has 15 heavy (non-hydrogen) atoms. The first-order chi connectivity index (χ1) is 6.86. The predicted molar refractivity (Wildman–Crippen MR) is 45.7 cm³/mol. The van der Waals surface area contributed by atoms with E-state index < -0.39 is 22.7 Å². The first kappa shape index (κ1) is 11.8. The Balaban J connectivity index is 3.23. The van der Waals surface area contributed by atoms with Crippen LogP contribution in [-0.2, 0) is 6.18 Å². The molecule has 0 unspecified atom stereocenters. The number of nitrogens with one attached hydrogen (secondary N) is 1. The Labute approximate surface area is 87.4 Å². The summed E-state index contributed by atoms with van der Waals surface area (Å²) in [5.41, 5.74) is -0.215. The van der Waals surface area contributed by atoms with Gasteiger partial charge in [-0.3, -0.25) is 10.0 Å². The van der Waals surface area contributed by atoms with Crippen LogP contribution in [0.25, 0.3) is 0 Å². The maximum Gasteiger partial charge on any atom is 0.417 e. The zero-order valence-electron chi connectivity index (χ0n) is 7.10. The first-order valence-electron chi connectivity index (χ1n) is 3.67. The second-order valence-corrected chi connectivity index (χ2v) is 3.04. The fourth-order valence-electron chi connectivity index (χ4n) is 0.948. The zero-order chi connectivity index (χ0) is 11.6. The Bertz CT molecular complexity index is 392. The molecule has 1 aromatic rings. The van der Waals surface area contributed by atoms with Gasteiger partial charge < -0.3 is 0 Å². The van der Waals surface area contributed by atoms with E-state index in [-0.39, 0.29) is 5.56 Å². The molecule has 82 valence electrons. The van der Waals surface area contributed by atoms with Crippen LogP contribution in [0.2, 0.25) is 5.02 Å². The monoisotopic (exact) mass is 239 g/mol. The number of benzene rings is 1. The van der Waals surface area contributed by atoms with Crippen molar-refractivity contribution in [3.05, 3.63) is 34.3 Å². The van der Waals surface area contributed by atoms with Crippen LogP contribution in [-0.4, -0.2) is 11.1 Å². The minimum atomic E-state index is -4.64. The Morgan fingerprint density at radius 2 is 2.00 bits per heavy atom. The molecule has 0 aliphatic heterocycles. The standard InChI is InChI=1S/C8H5ClF3NO2/c9-6-2-1-4(7(14)13-15)3-5(6)8(10,11)12/h1-3,15H,(H,13,14). The third kappa shape index (κ3) is 2.60. The number of hydrogen-bond donors (Lipinski definition) is 2. The number of amides is 1. The Morgan fingerprint density at radius 1 is 1.40 bits per heavy atom. The van der Waals surface area contributed by atoms with Crippen molar-refractivity contribution in [3.8, 4) is 0 Å². The lowest BCUT2D eigenvalue weighted by molar-refractivity contribution is -0.137. The second kappa shape index (κ2) is 4.08. The highest BCUT2D eigenvalue weighted by molar-refractivity contribution is 6.31. The Hall–Kier alpha value is -1.27. The molecule has 0 bridgehead atoms. The molecule has 1 amide bonds. The minimum absolute atomic E-state index is 0.325. The third-order valence-corrected chi connectivity index (χ3v) is 1.97. The van der Waals surface area contributed by atoms with Crippen LogP contribution in [0, 0.1) is 0 Å². The van der Waals surface area contributed by atoms with Crippen molar-refractivity contribution >= 4 is 17.5 Å². The number of carbonyl (C=O) groups is 1. The molecule has 7 heteroatoms. The summed E-state index contributed by atoms with van der Waals surface area (Å²) in [6.45, 7) is 0. The summed E-state index contributed by atoms with van der Waals surface area (Å²) in [6, 6.07) is 2.58. The number of carbonyl (C=O) groups excluding carboxylic acids is 1. The average molecular weight is 240 g/mol. The summed E-state index contributed by atoms with van der Waals surface area (Å²) in [4.78, 5) is 10.8. The summed E-state index contributed by atoms with van der Waals surface area (Å²) in [7, 11) is 0. The molecule has 0 spiro atoms. The number of hydroxylamine groups is 1. The van der Waals surface area contributed by atoms with Gasteiger partial charge in [-0.05, 0) is 18.2 Å². The van der Waals surface area contributed by atoms with Gasteiger partial charge >= 0.3 is 6.18 Å². The number of halogens is 4.